The van der Waals surface area contributed by atoms with Crippen molar-refractivity contribution in [1.29, 1.82) is 0 Å². The number of aryl methyl sites for hydroxylation is 2. The van der Waals surface area contributed by atoms with E-state index in [-0.39, 0.29) is 12.4 Å². The molecule has 4 rings (SSSR count). The quantitative estimate of drug-likeness (QED) is 0.501. The first-order valence-electron chi connectivity index (χ1n) is 9.56. The smallest absolute Gasteiger partial charge is 0.164 e. The summed E-state index contributed by atoms with van der Waals surface area (Å²) in [6, 6.07) is 6.58. The number of hydrogen-bond acceptors (Lipinski definition) is 5. The van der Waals surface area contributed by atoms with E-state index in [9.17, 15) is 8.78 Å². The number of fused-ring (bicyclic) bond motifs is 1. The first kappa shape index (κ1) is 20.0. The number of halogens is 2. The summed E-state index contributed by atoms with van der Waals surface area (Å²) in [5, 5.41) is 0. The zero-order valence-corrected chi connectivity index (χ0v) is 17.3. The number of aromatic nitrogens is 5. The van der Waals surface area contributed by atoms with Crippen LogP contribution in [0.15, 0.2) is 36.7 Å². The molecule has 6 nitrogen and oxygen atoms in total. The van der Waals surface area contributed by atoms with Crippen LogP contribution >= 0.6 is 0 Å². The van der Waals surface area contributed by atoms with Gasteiger partial charge in [0.25, 0.3) is 0 Å². The molecule has 0 amide bonds. The molecule has 0 fully saturated rings. The Kier molecular flexibility index (Phi) is 5.26. The lowest BCUT2D eigenvalue weighted by atomic mass is 10.1. The van der Waals surface area contributed by atoms with Gasteiger partial charge in [0, 0.05) is 23.9 Å². The van der Waals surface area contributed by atoms with E-state index in [0.717, 1.165) is 11.8 Å². The minimum atomic E-state index is -0.468. The van der Waals surface area contributed by atoms with Crippen LogP contribution in [0.5, 0.6) is 0 Å². The number of rotatable bonds is 5. The second kappa shape index (κ2) is 7.87. The van der Waals surface area contributed by atoms with Gasteiger partial charge in [0.1, 0.15) is 28.8 Å². The Morgan fingerprint density at radius 3 is 2.50 bits per heavy atom. The highest BCUT2D eigenvalue weighted by molar-refractivity contribution is 5.79. The second-order valence-corrected chi connectivity index (χ2v) is 7.61. The molecule has 0 saturated carbocycles. The van der Waals surface area contributed by atoms with Crippen LogP contribution in [0.2, 0.25) is 0 Å². The fraction of sp³-hybridized carbons (Fsp3) is 0.273. The van der Waals surface area contributed by atoms with Crippen molar-refractivity contribution < 1.29 is 8.78 Å². The topological polar surface area (TPSA) is 59.7 Å². The molecule has 0 bridgehead atoms. The van der Waals surface area contributed by atoms with Crippen molar-refractivity contribution in [3.05, 3.63) is 70.9 Å². The van der Waals surface area contributed by atoms with Crippen molar-refractivity contribution in [3.63, 3.8) is 0 Å². The van der Waals surface area contributed by atoms with Crippen LogP contribution in [0.25, 0.3) is 22.6 Å². The summed E-state index contributed by atoms with van der Waals surface area (Å²) >= 11 is 0. The van der Waals surface area contributed by atoms with Crippen molar-refractivity contribution in [2.45, 2.75) is 26.9 Å². The van der Waals surface area contributed by atoms with Crippen LogP contribution in [-0.2, 0) is 13.1 Å². The van der Waals surface area contributed by atoms with E-state index in [1.807, 2.05) is 32.0 Å². The first-order valence-corrected chi connectivity index (χ1v) is 9.56. The highest BCUT2D eigenvalue weighted by Crippen LogP contribution is 2.27. The molecule has 0 radical (unpaired) electrons. The number of hydrogen-bond donors (Lipinski definition) is 0. The predicted molar refractivity (Wildman–Crippen MR) is 111 cm³/mol. The summed E-state index contributed by atoms with van der Waals surface area (Å²) in [7, 11) is 3.88. The van der Waals surface area contributed by atoms with E-state index >= 15 is 0 Å². The van der Waals surface area contributed by atoms with Crippen LogP contribution in [-0.4, -0.2) is 43.5 Å². The summed E-state index contributed by atoms with van der Waals surface area (Å²) < 4.78 is 30.5. The van der Waals surface area contributed by atoms with E-state index in [4.69, 9.17) is 0 Å². The van der Waals surface area contributed by atoms with E-state index < -0.39 is 5.82 Å². The van der Waals surface area contributed by atoms with E-state index in [0.29, 0.717) is 46.2 Å². The van der Waals surface area contributed by atoms with Gasteiger partial charge in [0.2, 0.25) is 0 Å². The molecule has 3 aromatic heterocycles. The molecule has 0 aliphatic rings. The van der Waals surface area contributed by atoms with Gasteiger partial charge in [0.15, 0.2) is 5.65 Å². The summed E-state index contributed by atoms with van der Waals surface area (Å²) in [5.41, 5.74) is 3.77. The average Bonchev–Trinajstić information content (AvgIpc) is 3.02. The fourth-order valence-corrected chi connectivity index (χ4v) is 3.53. The van der Waals surface area contributed by atoms with Gasteiger partial charge < -0.3 is 9.47 Å². The maximum absolute atomic E-state index is 14.9. The van der Waals surface area contributed by atoms with Gasteiger partial charge in [0.05, 0.1) is 18.4 Å². The van der Waals surface area contributed by atoms with Gasteiger partial charge in [-0.25, -0.2) is 23.7 Å². The molecule has 0 spiro atoms. The van der Waals surface area contributed by atoms with Gasteiger partial charge in [-0.2, -0.15) is 0 Å². The third kappa shape index (κ3) is 3.91. The van der Waals surface area contributed by atoms with Gasteiger partial charge in [-0.3, -0.25) is 4.98 Å². The molecule has 0 unspecified atom stereocenters. The largest absolute Gasteiger partial charge is 0.305 e. The number of pyridine rings is 1. The summed E-state index contributed by atoms with van der Waals surface area (Å²) in [4.78, 5) is 19.5. The lowest BCUT2D eigenvalue weighted by Gasteiger charge is -2.13. The molecule has 8 heteroatoms. The first-order chi connectivity index (χ1) is 14.3. The number of benzene rings is 1. The van der Waals surface area contributed by atoms with Gasteiger partial charge >= 0.3 is 0 Å². The predicted octanol–water partition coefficient (Wildman–Crippen LogP) is 3.89. The average molecular weight is 408 g/mol. The highest BCUT2D eigenvalue weighted by Gasteiger charge is 2.19. The lowest BCUT2D eigenvalue weighted by Crippen LogP contribution is -2.11. The molecule has 0 aliphatic carbocycles. The van der Waals surface area contributed by atoms with Gasteiger partial charge in [-0.05, 0) is 45.6 Å². The van der Waals surface area contributed by atoms with E-state index in [1.165, 1.54) is 12.3 Å². The monoisotopic (exact) mass is 408 g/mol. The Bertz CT molecular complexity index is 1230. The Morgan fingerprint density at radius 1 is 1.00 bits per heavy atom. The summed E-state index contributed by atoms with van der Waals surface area (Å²) in [6.07, 6.45) is 2.67. The zero-order chi connectivity index (χ0) is 21.4. The normalized spacial score (nSPS) is 11.6. The lowest BCUT2D eigenvalue weighted by molar-refractivity contribution is 0.401. The molecule has 0 aliphatic heterocycles. The maximum Gasteiger partial charge on any atom is 0.164 e. The van der Waals surface area contributed by atoms with Crippen LogP contribution in [0.1, 0.15) is 22.6 Å². The SMILES string of the molecule is Cc1nc(C)c2nc(-c3cncc(F)c3)n(Cc3ccc(CN(C)C)cc3F)c2n1. The van der Waals surface area contributed by atoms with Crippen LogP contribution in [0.3, 0.4) is 0 Å². The zero-order valence-electron chi connectivity index (χ0n) is 17.3. The summed E-state index contributed by atoms with van der Waals surface area (Å²) in [6.45, 7) is 4.49. The number of nitrogens with zero attached hydrogens (tertiary/aromatic N) is 6. The van der Waals surface area contributed by atoms with Crippen LogP contribution < -0.4 is 0 Å². The maximum atomic E-state index is 14.9. The highest BCUT2D eigenvalue weighted by atomic mass is 19.1. The van der Waals surface area contributed by atoms with Crippen molar-refractivity contribution in [1.82, 2.24) is 29.4 Å². The minimum Gasteiger partial charge on any atom is -0.305 e. The molecule has 30 heavy (non-hydrogen) atoms. The molecule has 154 valence electrons. The second-order valence-electron chi connectivity index (χ2n) is 7.61. The standard InChI is InChI=1S/C22H22F2N6/c1-13-20-22(27-14(2)26-13)30(21(28-20)17-8-18(23)10-25-9-17)12-16-6-5-15(7-19(16)24)11-29(3)4/h5-10H,11-12H2,1-4H3. The molecule has 0 saturated heterocycles. The van der Waals surface area contributed by atoms with Crippen molar-refractivity contribution in [2.24, 2.45) is 0 Å². The van der Waals surface area contributed by atoms with Gasteiger partial charge in [-0.15, -0.1) is 0 Å². The third-order valence-corrected chi connectivity index (χ3v) is 4.79. The molecule has 3 heterocycles. The third-order valence-electron chi connectivity index (χ3n) is 4.79. The van der Waals surface area contributed by atoms with E-state index in [2.05, 4.69) is 19.9 Å². The Hall–Kier alpha value is -3.26. The molecular formula is C22H22F2N6. The minimum absolute atomic E-state index is 0.201. The molecule has 0 atom stereocenters. The van der Waals surface area contributed by atoms with Crippen LogP contribution in [0, 0.1) is 25.5 Å². The van der Waals surface area contributed by atoms with Crippen molar-refractivity contribution in [2.75, 3.05) is 14.1 Å². The Balaban J connectivity index is 1.86. The van der Waals surface area contributed by atoms with Gasteiger partial charge in [-0.1, -0.05) is 12.1 Å². The molecule has 0 N–H and O–H groups in total. The molecule has 1 aromatic carbocycles. The fourth-order valence-electron chi connectivity index (χ4n) is 3.53. The molecular weight excluding hydrogens is 386 g/mol. The Labute approximate surface area is 173 Å². The summed E-state index contributed by atoms with van der Waals surface area (Å²) in [5.74, 6) is 0.287. The van der Waals surface area contributed by atoms with Crippen molar-refractivity contribution >= 4 is 11.2 Å². The van der Waals surface area contributed by atoms with Crippen molar-refractivity contribution in [3.8, 4) is 11.4 Å². The molecule has 4 aromatic rings. The Morgan fingerprint density at radius 2 is 1.80 bits per heavy atom. The van der Waals surface area contributed by atoms with E-state index in [1.54, 1.807) is 23.6 Å². The number of imidazole rings is 1. The van der Waals surface area contributed by atoms with Crippen LogP contribution in [0.4, 0.5) is 8.78 Å².